The average molecular weight is 505 g/mol. The van der Waals surface area contributed by atoms with Crippen molar-refractivity contribution in [3.8, 4) is 5.75 Å². The van der Waals surface area contributed by atoms with Gasteiger partial charge in [0.2, 0.25) is 0 Å². The van der Waals surface area contributed by atoms with Gasteiger partial charge >= 0.3 is 0 Å². The van der Waals surface area contributed by atoms with E-state index < -0.39 is 17.7 Å². The second kappa shape index (κ2) is 8.48. The van der Waals surface area contributed by atoms with E-state index in [0.717, 1.165) is 33.3 Å². The maximum absolute atomic E-state index is 13.2. The van der Waals surface area contributed by atoms with Gasteiger partial charge in [-0.05, 0) is 60.0 Å². The Labute approximate surface area is 199 Å². The Bertz CT molecular complexity index is 1270. The maximum atomic E-state index is 13.2. The largest absolute Gasteiger partial charge is 0.507 e. The highest BCUT2D eigenvalue weighted by molar-refractivity contribution is 9.10. The topological polar surface area (TPSA) is 79.7 Å². The van der Waals surface area contributed by atoms with Crippen LogP contribution in [-0.4, -0.2) is 32.8 Å². The smallest absolute Gasteiger partial charge is 0.295 e. The minimum Gasteiger partial charge on any atom is -0.507 e. The monoisotopic (exact) mass is 504 g/mol. The number of aromatic nitrogens is 1. The molecule has 1 aromatic heterocycles. The number of aliphatic hydroxyl groups is 1. The van der Waals surface area contributed by atoms with Crippen molar-refractivity contribution in [3.63, 3.8) is 0 Å². The lowest BCUT2D eigenvalue weighted by Gasteiger charge is -2.25. The number of ketones is 1. The van der Waals surface area contributed by atoms with Crippen LogP contribution in [-0.2, 0) is 22.6 Å². The van der Waals surface area contributed by atoms with Crippen molar-refractivity contribution in [2.45, 2.75) is 32.0 Å². The third-order valence-electron chi connectivity index (χ3n) is 5.97. The molecule has 1 N–H and O–H groups in total. The highest BCUT2D eigenvalue weighted by atomic mass is 79.9. The number of hydrogen-bond donors (Lipinski definition) is 1. The van der Waals surface area contributed by atoms with Crippen LogP contribution in [0.4, 0.5) is 0 Å². The van der Waals surface area contributed by atoms with Crippen LogP contribution >= 0.6 is 15.9 Å². The summed E-state index contributed by atoms with van der Waals surface area (Å²) in [6.45, 7) is 2.18. The molecule has 0 spiro atoms. The molecule has 1 saturated heterocycles. The van der Waals surface area contributed by atoms with Gasteiger partial charge in [0, 0.05) is 35.4 Å². The number of rotatable bonds is 4. The van der Waals surface area contributed by atoms with Crippen molar-refractivity contribution in [3.05, 3.63) is 99.3 Å². The van der Waals surface area contributed by atoms with Crippen LogP contribution in [0.5, 0.6) is 5.75 Å². The number of aliphatic hydroxyl groups excluding tert-OH is 1. The number of Topliss-reactive ketones (excluding diaryl/α,β-unsaturated/α-hetero) is 1. The molecule has 1 fully saturated rings. The van der Waals surface area contributed by atoms with Crippen LogP contribution in [0.25, 0.3) is 5.76 Å². The minimum atomic E-state index is -0.721. The van der Waals surface area contributed by atoms with Gasteiger partial charge in [0.25, 0.3) is 11.7 Å². The van der Waals surface area contributed by atoms with E-state index in [4.69, 9.17) is 4.74 Å². The quantitative estimate of drug-likeness (QED) is 0.314. The van der Waals surface area contributed by atoms with E-state index in [-0.39, 0.29) is 24.0 Å². The SMILES string of the molecule is CC1Cc2cc(/C(O)=C3\C(=O)C(=O)N(Cc4cccnc4)C3c3ccc(Br)cc3)ccc2O1. The fourth-order valence-electron chi connectivity index (χ4n) is 4.45. The van der Waals surface area contributed by atoms with E-state index in [9.17, 15) is 14.7 Å². The molecule has 0 aliphatic carbocycles. The first kappa shape index (κ1) is 21.4. The van der Waals surface area contributed by atoms with Gasteiger partial charge in [0.05, 0.1) is 11.6 Å². The lowest BCUT2D eigenvalue weighted by atomic mass is 9.94. The number of fused-ring (bicyclic) bond motifs is 1. The lowest BCUT2D eigenvalue weighted by Crippen LogP contribution is -2.29. The van der Waals surface area contributed by atoms with E-state index in [2.05, 4.69) is 20.9 Å². The van der Waals surface area contributed by atoms with Crippen LogP contribution in [0.2, 0.25) is 0 Å². The summed E-state index contributed by atoms with van der Waals surface area (Å²) in [7, 11) is 0. The van der Waals surface area contributed by atoms with E-state index >= 15 is 0 Å². The molecule has 2 unspecified atom stereocenters. The molecule has 0 bridgehead atoms. The van der Waals surface area contributed by atoms with Crippen molar-refractivity contribution < 1.29 is 19.4 Å². The summed E-state index contributed by atoms with van der Waals surface area (Å²) >= 11 is 3.43. The number of nitrogens with zero attached hydrogens (tertiary/aromatic N) is 2. The van der Waals surface area contributed by atoms with E-state index in [1.165, 1.54) is 4.90 Å². The average Bonchev–Trinajstić information content (AvgIpc) is 3.31. The zero-order valence-electron chi connectivity index (χ0n) is 17.9. The van der Waals surface area contributed by atoms with Gasteiger partial charge in [-0.25, -0.2) is 0 Å². The summed E-state index contributed by atoms with van der Waals surface area (Å²) in [6, 6.07) is 15.7. The summed E-state index contributed by atoms with van der Waals surface area (Å²) in [5.41, 5.74) is 3.08. The Morgan fingerprint density at radius 2 is 1.97 bits per heavy atom. The van der Waals surface area contributed by atoms with E-state index in [0.29, 0.717) is 5.56 Å². The highest BCUT2D eigenvalue weighted by Crippen LogP contribution is 2.41. The summed E-state index contributed by atoms with van der Waals surface area (Å²) in [6.07, 6.45) is 4.11. The molecule has 2 aliphatic rings. The molecule has 1 amide bonds. The van der Waals surface area contributed by atoms with Gasteiger partial charge in [0.1, 0.15) is 17.6 Å². The molecular formula is C26H21BrN2O4. The fourth-order valence-corrected chi connectivity index (χ4v) is 4.71. The second-order valence-electron chi connectivity index (χ2n) is 8.29. The summed E-state index contributed by atoms with van der Waals surface area (Å²) < 4.78 is 6.63. The molecule has 2 aliphatic heterocycles. The Hall–Kier alpha value is -3.45. The molecule has 0 radical (unpaired) electrons. The number of benzene rings is 2. The first-order valence-electron chi connectivity index (χ1n) is 10.6. The minimum absolute atomic E-state index is 0.0604. The Morgan fingerprint density at radius 1 is 1.18 bits per heavy atom. The first-order valence-corrected chi connectivity index (χ1v) is 11.4. The van der Waals surface area contributed by atoms with E-state index in [1.54, 1.807) is 30.6 Å². The zero-order valence-corrected chi connectivity index (χ0v) is 19.5. The van der Waals surface area contributed by atoms with Crippen molar-refractivity contribution in [2.75, 3.05) is 0 Å². The number of halogens is 1. The lowest BCUT2D eigenvalue weighted by molar-refractivity contribution is -0.140. The van der Waals surface area contributed by atoms with Gasteiger partial charge in [0.15, 0.2) is 0 Å². The number of pyridine rings is 1. The van der Waals surface area contributed by atoms with Crippen LogP contribution in [0.1, 0.15) is 35.2 Å². The van der Waals surface area contributed by atoms with Crippen molar-refractivity contribution in [1.82, 2.24) is 9.88 Å². The normalized spacial score (nSPS) is 21.2. The third-order valence-corrected chi connectivity index (χ3v) is 6.50. The molecular weight excluding hydrogens is 484 g/mol. The third kappa shape index (κ3) is 3.93. The molecule has 3 heterocycles. The second-order valence-corrected chi connectivity index (χ2v) is 9.21. The number of amides is 1. The van der Waals surface area contributed by atoms with Gasteiger partial charge < -0.3 is 14.7 Å². The number of likely N-dealkylation sites (tertiary alicyclic amines) is 1. The van der Waals surface area contributed by atoms with Crippen LogP contribution in [0, 0.1) is 0 Å². The van der Waals surface area contributed by atoms with Crippen molar-refractivity contribution >= 4 is 33.4 Å². The molecule has 166 valence electrons. The number of carbonyl (C=O) groups is 2. The Kier molecular flexibility index (Phi) is 5.50. The number of carbonyl (C=O) groups excluding carboxylic acids is 2. The molecule has 33 heavy (non-hydrogen) atoms. The van der Waals surface area contributed by atoms with Crippen LogP contribution in [0.15, 0.2) is 77.0 Å². The number of hydrogen-bond acceptors (Lipinski definition) is 5. The van der Waals surface area contributed by atoms with Crippen molar-refractivity contribution in [2.24, 2.45) is 0 Å². The van der Waals surface area contributed by atoms with Gasteiger partial charge in [-0.3, -0.25) is 14.6 Å². The molecule has 5 rings (SSSR count). The summed E-state index contributed by atoms with van der Waals surface area (Å²) in [5, 5.41) is 11.3. The molecule has 6 nitrogen and oxygen atoms in total. The summed E-state index contributed by atoms with van der Waals surface area (Å²) in [5.74, 6) is -0.751. The maximum Gasteiger partial charge on any atom is 0.295 e. The van der Waals surface area contributed by atoms with E-state index in [1.807, 2.05) is 43.3 Å². The van der Waals surface area contributed by atoms with Crippen LogP contribution in [0.3, 0.4) is 0 Å². The van der Waals surface area contributed by atoms with Gasteiger partial charge in [-0.15, -0.1) is 0 Å². The zero-order chi connectivity index (χ0) is 23.1. The Morgan fingerprint density at radius 3 is 2.70 bits per heavy atom. The predicted molar refractivity (Wildman–Crippen MR) is 126 cm³/mol. The molecule has 2 atom stereocenters. The fraction of sp³-hybridized carbons (Fsp3) is 0.192. The first-order chi connectivity index (χ1) is 15.9. The van der Waals surface area contributed by atoms with Crippen LogP contribution < -0.4 is 4.74 Å². The summed E-state index contributed by atoms with van der Waals surface area (Å²) in [4.78, 5) is 31.9. The Balaban J connectivity index is 1.62. The predicted octanol–water partition coefficient (Wildman–Crippen LogP) is 4.79. The number of ether oxygens (including phenoxy) is 1. The van der Waals surface area contributed by atoms with Gasteiger partial charge in [-0.2, -0.15) is 0 Å². The molecule has 3 aromatic rings. The molecule has 0 saturated carbocycles. The molecule has 2 aromatic carbocycles. The van der Waals surface area contributed by atoms with Gasteiger partial charge in [-0.1, -0.05) is 34.1 Å². The molecule has 7 heteroatoms. The van der Waals surface area contributed by atoms with Crippen molar-refractivity contribution in [1.29, 1.82) is 0 Å². The highest BCUT2D eigenvalue weighted by Gasteiger charge is 2.46. The standard InChI is InChI=1S/C26H21BrN2O4/c1-15-11-19-12-18(6-9-21(19)33-15)24(30)22-23(17-4-7-20(27)8-5-17)29(26(32)25(22)31)14-16-3-2-10-28-13-16/h2-10,12-13,15,23,30H,11,14H2,1H3/b24-22+.